The van der Waals surface area contributed by atoms with Crippen molar-refractivity contribution in [3.8, 4) is 22.5 Å². The van der Waals surface area contributed by atoms with Crippen LogP contribution in [0.1, 0.15) is 50.9 Å². The van der Waals surface area contributed by atoms with Crippen LogP contribution in [0.2, 0.25) is 0 Å². The van der Waals surface area contributed by atoms with Gasteiger partial charge in [-0.25, -0.2) is 9.31 Å². The van der Waals surface area contributed by atoms with Crippen molar-refractivity contribution in [1.82, 2.24) is 29.3 Å². The van der Waals surface area contributed by atoms with Crippen molar-refractivity contribution in [2.45, 2.75) is 53.5 Å². The van der Waals surface area contributed by atoms with Gasteiger partial charge < -0.3 is 0 Å². The molecule has 1 N–H and O–H groups in total. The van der Waals surface area contributed by atoms with Gasteiger partial charge >= 0.3 is 5.76 Å². The summed E-state index contributed by atoms with van der Waals surface area (Å²) >= 11 is 0. The molecule has 190 valence electrons. The molecule has 0 saturated heterocycles. The second-order valence-corrected chi connectivity index (χ2v) is 10.5. The normalized spacial score (nSPS) is 11.9. The number of fused-ring (bicyclic) bond motifs is 1. The molecule has 0 bridgehead atoms. The Bertz CT molecular complexity index is 1670. The summed E-state index contributed by atoms with van der Waals surface area (Å²) in [6.45, 7) is 8.97. The van der Waals surface area contributed by atoms with E-state index in [0.29, 0.717) is 24.6 Å². The van der Waals surface area contributed by atoms with E-state index in [1.165, 1.54) is 6.33 Å². The summed E-state index contributed by atoms with van der Waals surface area (Å²) in [6, 6.07) is 15.8. The number of aromatic nitrogens is 6. The van der Waals surface area contributed by atoms with Gasteiger partial charge in [-0.3, -0.25) is 18.9 Å². The molecule has 3 aromatic heterocycles. The van der Waals surface area contributed by atoms with Gasteiger partial charge in [0.05, 0.1) is 5.69 Å². The topological polar surface area (TPSA) is 111 Å². The van der Waals surface area contributed by atoms with Crippen LogP contribution in [0.3, 0.4) is 0 Å². The minimum absolute atomic E-state index is 0.0108. The van der Waals surface area contributed by atoms with Gasteiger partial charge in [0.2, 0.25) is 5.78 Å². The first-order chi connectivity index (χ1) is 17.7. The van der Waals surface area contributed by atoms with E-state index in [4.69, 9.17) is 4.52 Å². The van der Waals surface area contributed by atoms with Crippen LogP contribution in [0.15, 0.2) is 69.0 Å². The lowest BCUT2D eigenvalue weighted by Crippen LogP contribution is -2.33. The molecule has 37 heavy (non-hydrogen) atoms. The molecule has 0 aliphatic heterocycles. The van der Waals surface area contributed by atoms with E-state index in [9.17, 15) is 9.59 Å². The maximum Gasteiger partial charge on any atom is 0.439 e. The average Bonchev–Trinajstić information content (AvgIpc) is 3.53. The lowest BCUT2D eigenvalue weighted by atomic mass is 9.95. The van der Waals surface area contributed by atoms with Crippen LogP contribution < -0.4 is 11.3 Å². The third-order valence-corrected chi connectivity index (χ3v) is 6.27. The summed E-state index contributed by atoms with van der Waals surface area (Å²) in [5.41, 5.74) is 5.23. The molecule has 9 nitrogen and oxygen atoms in total. The van der Waals surface area contributed by atoms with Gasteiger partial charge in [0.15, 0.2) is 5.82 Å². The molecule has 0 fully saturated rings. The van der Waals surface area contributed by atoms with Crippen LogP contribution in [0, 0.1) is 5.41 Å². The molecule has 0 amide bonds. The second-order valence-electron chi connectivity index (χ2n) is 10.5. The maximum atomic E-state index is 13.8. The van der Waals surface area contributed by atoms with Crippen LogP contribution in [0.4, 0.5) is 0 Å². The predicted molar refractivity (Wildman–Crippen MR) is 141 cm³/mol. The molecule has 0 aliphatic carbocycles. The van der Waals surface area contributed by atoms with Crippen molar-refractivity contribution in [2.24, 2.45) is 5.41 Å². The van der Waals surface area contributed by atoms with Crippen molar-refractivity contribution in [2.75, 3.05) is 0 Å². The SMILES string of the molecule is CCCc1c(Cc2ccc(-c3ccccc3-c3noc(=O)[nH]3)cc2)c(=O)n(CC(C)(C)C)c2ncnn12. The summed E-state index contributed by atoms with van der Waals surface area (Å²) in [5.74, 6) is 0.379. The molecule has 0 atom stereocenters. The molecule has 9 heteroatoms. The molecule has 5 aromatic rings. The third kappa shape index (κ3) is 4.89. The number of hydrogen-bond donors (Lipinski definition) is 1. The third-order valence-electron chi connectivity index (χ3n) is 6.27. The highest BCUT2D eigenvalue weighted by atomic mass is 16.5. The molecule has 0 spiro atoms. The molecular weight excluding hydrogens is 468 g/mol. The fourth-order valence-corrected chi connectivity index (χ4v) is 4.70. The molecule has 0 radical (unpaired) electrons. The average molecular weight is 499 g/mol. The molecule has 3 heterocycles. The van der Waals surface area contributed by atoms with Crippen LogP contribution in [0.25, 0.3) is 28.3 Å². The van der Waals surface area contributed by atoms with E-state index < -0.39 is 5.76 Å². The van der Waals surface area contributed by atoms with Crippen molar-refractivity contribution < 1.29 is 4.52 Å². The number of rotatable bonds is 7. The highest BCUT2D eigenvalue weighted by molar-refractivity contribution is 5.80. The number of aryl methyl sites for hydroxylation is 1. The lowest BCUT2D eigenvalue weighted by Gasteiger charge is -2.22. The summed E-state index contributed by atoms with van der Waals surface area (Å²) in [7, 11) is 0. The van der Waals surface area contributed by atoms with Gasteiger partial charge in [-0.2, -0.15) is 10.1 Å². The van der Waals surface area contributed by atoms with Gasteiger partial charge in [-0.15, -0.1) is 0 Å². The first-order valence-corrected chi connectivity index (χ1v) is 12.4. The van der Waals surface area contributed by atoms with E-state index in [-0.39, 0.29) is 11.0 Å². The number of hydrogen-bond acceptors (Lipinski definition) is 6. The van der Waals surface area contributed by atoms with E-state index in [1.807, 2.05) is 53.0 Å². The van der Waals surface area contributed by atoms with Crippen LogP contribution in [-0.4, -0.2) is 29.3 Å². The largest absolute Gasteiger partial charge is 0.439 e. The number of nitrogens with one attached hydrogen (secondary N) is 1. The van der Waals surface area contributed by atoms with Crippen molar-refractivity contribution in [3.05, 3.63) is 92.6 Å². The second kappa shape index (κ2) is 9.65. The fourth-order valence-electron chi connectivity index (χ4n) is 4.70. The van der Waals surface area contributed by atoms with Gasteiger partial charge in [-0.1, -0.05) is 87.8 Å². The smallest absolute Gasteiger partial charge is 0.296 e. The van der Waals surface area contributed by atoms with E-state index in [0.717, 1.165) is 46.4 Å². The lowest BCUT2D eigenvalue weighted by molar-refractivity contribution is 0.339. The predicted octanol–water partition coefficient (Wildman–Crippen LogP) is 4.49. The zero-order valence-electron chi connectivity index (χ0n) is 21.5. The van der Waals surface area contributed by atoms with Crippen LogP contribution in [0.5, 0.6) is 0 Å². The van der Waals surface area contributed by atoms with Crippen molar-refractivity contribution in [1.29, 1.82) is 0 Å². The standard InChI is InChI=1S/C28H30N6O3/c1-5-8-23-22(25(35)33(16-28(2,3)4)26-29-17-30-34(23)26)15-18-11-13-19(14-12-18)20-9-6-7-10-21(20)24-31-27(36)37-32-24/h6-7,9-14,17H,5,8,15-16H2,1-4H3,(H,31,32,36). The monoisotopic (exact) mass is 498 g/mol. The minimum atomic E-state index is -0.593. The summed E-state index contributed by atoms with van der Waals surface area (Å²) in [4.78, 5) is 32.3. The van der Waals surface area contributed by atoms with Gasteiger partial charge in [0.25, 0.3) is 5.56 Å². The van der Waals surface area contributed by atoms with Crippen molar-refractivity contribution >= 4 is 5.78 Å². The number of H-pyrrole nitrogens is 1. The Morgan fingerprint density at radius 2 is 1.73 bits per heavy atom. The number of benzene rings is 2. The van der Waals surface area contributed by atoms with Gasteiger partial charge in [-0.05, 0) is 28.5 Å². The van der Waals surface area contributed by atoms with Gasteiger partial charge in [0, 0.05) is 24.1 Å². The first kappa shape index (κ1) is 24.4. The maximum absolute atomic E-state index is 13.8. The Kier molecular flexibility index (Phi) is 6.37. The van der Waals surface area contributed by atoms with E-state index in [2.05, 4.69) is 47.9 Å². The molecule has 0 unspecified atom stereocenters. The van der Waals surface area contributed by atoms with E-state index in [1.54, 1.807) is 4.57 Å². The Hall–Kier alpha value is -4.27. The number of aromatic amines is 1. The quantitative estimate of drug-likeness (QED) is 0.354. The molecule has 5 rings (SSSR count). The highest BCUT2D eigenvalue weighted by Crippen LogP contribution is 2.30. The Balaban J connectivity index is 1.55. The zero-order chi connectivity index (χ0) is 26.2. The van der Waals surface area contributed by atoms with E-state index >= 15 is 0 Å². The fraction of sp³-hybridized carbons (Fsp3) is 0.321. The molecular formula is C28H30N6O3. The summed E-state index contributed by atoms with van der Waals surface area (Å²) < 4.78 is 8.28. The number of nitrogens with zero attached hydrogens (tertiary/aromatic N) is 5. The van der Waals surface area contributed by atoms with Crippen molar-refractivity contribution in [3.63, 3.8) is 0 Å². The Labute approximate surface area is 213 Å². The zero-order valence-corrected chi connectivity index (χ0v) is 21.5. The summed E-state index contributed by atoms with van der Waals surface area (Å²) in [6.07, 6.45) is 3.64. The Morgan fingerprint density at radius 1 is 1.00 bits per heavy atom. The highest BCUT2D eigenvalue weighted by Gasteiger charge is 2.22. The summed E-state index contributed by atoms with van der Waals surface area (Å²) in [5, 5.41) is 8.32. The molecule has 0 saturated carbocycles. The Morgan fingerprint density at radius 3 is 2.38 bits per heavy atom. The molecule has 0 aliphatic rings. The van der Waals surface area contributed by atoms with Crippen LogP contribution >= 0.6 is 0 Å². The van der Waals surface area contributed by atoms with Crippen LogP contribution in [-0.2, 0) is 19.4 Å². The van der Waals surface area contributed by atoms with Gasteiger partial charge in [0.1, 0.15) is 6.33 Å². The first-order valence-electron chi connectivity index (χ1n) is 12.4. The minimum Gasteiger partial charge on any atom is -0.296 e. The molecule has 2 aromatic carbocycles.